The quantitative estimate of drug-likeness (QED) is 0.734. The van der Waals surface area contributed by atoms with Gasteiger partial charge in [-0.1, -0.05) is 24.3 Å². The molecule has 0 spiro atoms. The maximum atomic E-state index is 12.5. The number of pyridine rings is 1. The number of amides is 2. The highest BCUT2D eigenvalue weighted by molar-refractivity contribution is 6.01. The van der Waals surface area contributed by atoms with Crippen LogP contribution in [0.2, 0.25) is 0 Å². The fraction of sp³-hybridized carbons (Fsp3) is 0.273. The highest BCUT2D eigenvalue weighted by atomic mass is 16.5. The fourth-order valence-corrected chi connectivity index (χ4v) is 4.37. The maximum absolute atomic E-state index is 12.5. The topological polar surface area (TPSA) is 66.5 Å². The van der Waals surface area contributed by atoms with Crippen LogP contribution < -0.4 is 20.3 Å². The molecule has 6 nitrogen and oxygen atoms in total. The van der Waals surface area contributed by atoms with Crippen molar-refractivity contribution in [3.63, 3.8) is 0 Å². The molecule has 5 rings (SSSR count). The number of hydrogen-bond acceptors (Lipinski definition) is 4. The Morgan fingerprint density at radius 1 is 1.11 bits per heavy atom. The van der Waals surface area contributed by atoms with E-state index >= 15 is 0 Å². The average Bonchev–Trinajstić information content (AvgIpc) is 3.16. The normalized spacial score (nSPS) is 22.6. The Labute approximate surface area is 163 Å². The van der Waals surface area contributed by atoms with Gasteiger partial charge in [0.25, 0.3) is 0 Å². The monoisotopic (exact) mass is 374 g/mol. The molecular weight excluding hydrogens is 352 g/mol. The highest BCUT2D eigenvalue weighted by Crippen LogP contribution is 2.48. The summed E-state index contributed by atoms with van der Waals surface area (Å²) < 4.78 is 5.47. The molecule has 1 saturated heterocycles. The molecule has 2 aromatic carbocycles. The number of benzene rings is 2. The number of anilines is 2. The number of carbonyl (C=O) groups is 1. The Kier molecular flexibility index (Phi) is 4.04. The Hall–Kier alpha value is -3.28. The summed E-state index contributed by atoms with van der Waals surface area (Å²) in [6.07, 6.45) is 3.54. The van der Waals surface area contributed by atoms with Gasteiger partial charge in [0, 0.05) is 54.1 Å². The molecule has 1 aromatic heterocycles. The van der Waals surface area contributed by atoms with E-state index in [0.717, 1.165) is 41.0 Å². The van der Waals surface area contributed by atoms with Crippen molar-refractivity contribution in [1.29, 1.82) is 0 Å². The summed E-state index contributed by atoms with van der Waals surface area (Å²) in [5, 5.41) is 8.14. The number of rotatable bonds is 4. The van der Waals surface area contributed by atoms with Crippen LogP contribution in [0.3, 0.4) is 0 Å². The van der Waals surface area contributed by atoms with Gasteiger partial charge in [-0.15, -0.1) is 0 Å². The smallest absolute Gasteiger partial charge is 0.319 e. The molecule has 2 N–H and O–H groups in total. The lowest BCUT2D eigenvalue weighted by atomic mass is 10.1. The second-order valence-corrected chi connectivity index (χ2v) is 7.43. The van der Waals surface area contributed by atoms with Gasteiger partial charge in [-0.25, -0.2) is 4.79 Å². The number of urea groups is 1. The summed E-state index contributed by atoms with van der Waals surface area (Å²) in [4.78, 5) is 19.0. The van der Waals surface area contributed by atoms with Crippen LogP contribution >= 0.6 is 0 Å². The van der Waals surface area contributed by atoms with Crippen LogP contribution in [-0.4, -0.2) is 37.3 Å². The first-order valence-electron chi connectivity index (χ1n) is 9.53. The summed E-state index contributed by atoms with van der Waals surface area (Å²) in [7, 11) is 1.70. The van der Waals surface area contributed by atoms with E-state index in [1.165, 1.54) is 0 Å². The number of piperidine rings is 1. The third-order valence-electron chi connectivity index (χ3n) is 5.85. The third-order valence-corrected chi connectivity index (χ3v) is 5.85. The van der Waals surface area contributed by atoms with Gasteiger partial charge in [0.2, 0.25) is 0 Å². The zero-order valence-corrected chi connectivity index (χ0v) is 15.6. The first kappa shape index (κ1) is 16.9. The van der Waals surface area contributed by atoms with Gasteiger partial charge >= 0.3 is 6.03 Å². The zero-order chi connectivity index (χ0) is 19.1. The van der Waals surface area contributed by atoms with Gasteiger partial charge in [-0.2, -0.15) is 0 Å². The van der Waals surface area contributed by atoms with Crippen LogP contribution in [0.15, 0.2) is 60.9 Å². The van der Waals surface area contributed by atoms with Crippen LogP contribution in [0.5, 0.6) is 5.75 Å². The molecule has 2 unspecified atom stereocenters. The number of nitrogens with zero attached hydrogens (tertiary/aromatic N) is 2. The predicted molar refractivity (Wildman–Crippen MR) is 110 cm³/mol. The fourth-order valence-electron chi connectivity index (χ4n) is 4.37. The SMILES string of the molecule is COc1ccccc1N1CC2C(C1)C2NC(=O)Nc1cccc2cnccc12. The molecule has 1 aliphatic heterocycles. The molecule has 3 aromatic rings. The van der Waals surface area contributed by atoms with E-state index in [1.807, 2.05) is 42.5 Å². The Morgan fingerprint density at radius 3 is 2.75 bits per heavy atom. The molecule has 1 saturated carbocycles. The van der Waals surface area contributed by atoms with Crippen molar-refractivity contribution in [2.24, 2.45) is 11.8 Å². The summed E-state index contributed by atoms with van der Waals surface area (Å²) in [6, 6.07) is 15.9. The molecule has 0 bridgehead atoms. The Morgan fingerprint density at radius 2 is 1.93 bits per heavy atom. The van der Waals surface area contributed by atoms with Gasteiger partial charge in [0.15, 0.2) is 0 Å². The van der Waals surface area contributed by atoms with E-state index in [9.17, 15) is 4.79 Å². The van der Waals surface area contributed by atoms with Gasteiger partial charge in [-0.05, 0) is 24.3 Å². The lowest BCUT2D eigenvalue weighted by molar-refractivity contribution is 0.250. The van der Waals surface area contributed by atoms with Crippen molar-refractivity contribution in [3.05, 3.63) is 60.9 Å². The minimum absolute atomic E-state index is 0.146. The zero-order valence-electron chi connectivity index (χ0n) is 15.6. The van der Waals surface area contributed by atoms with Gasteiger partial charge in [0.05, 0.1) is 18.5 Å². The van der Waals surface area contributed by atoms with Crippen LogP contribution in [0.4, 0.5) is 16.2 Å². The van der Waals surface area contributed by atoms with E-state index in [0.29, 0.717) is 11.8 Å². The highest BCUT2D eigenvalue weighted by Gasteiger charge is 2.56. The number of hydrogen-bond donors (Lipinski definition) is 2. The first-order valence-corrected chi connectivity index (χ1v) is 9.53. The second-order valence-electron chi connectivity index (χ2n) is 7.43. The maximum Gasteiger partial charge on any atom is 0.319 e. The minimum Gasteiger partial charge on any atom is -0.495 e. The van der Waals surface area contributed by atoms with Crippen molar-refractivity contribution >= 4 is 28.2 Å². The molecule has 1 aliphatic carbocycles. The van der Waals surface area contributed by atoms with Crippen LogP contribution in [-0.2, 0) is 0 Å². The van der Waals surface area contributed by atoms with Gasteiger partial charge < -0.3 is 20.3 Å². The number of carbonyl (C=O) groups excluding carboxylic acids is 1. The summed E-state index contributed by atoms with van der Waals surface area (Å²) >= 11 is 0. The number of ether oxygens (including phenoxy) is 1. The van der Waals surface area contributed by atoms with Crippen LogP contribution in [0.1, 0.15) is 0 Å². The largest absolute Gasteiger partial charge is 0.495 e. The predicted octanol–water partition coefficient (Wildman–Crippen LogP) is 3.50. The molecule has 2 heterocycles. The number of fused-ring (bicyclic) bond motifs is 2. The van der Waals surface area contributed by atoms with E-state index in [-0.39, 0.29) is 12.1 Å². The molecule has 0 radical (unpaired) electrons. The average molecular weight is 374 g/mol. The van der Waals surface area contributed by atoms with Crippen molar-refractivity contribution in [3.8, 4) is 5.75 Å². The standard InChI is InChI=1S/C22H22N4O2/c1-28-20-8-3-2-7-19(20)26-12-16-17(13-26)21(16)25-22(27)24-18-6-4-5-14-11-23-10-9-15(14)18/h2-11,16-17,21H,12-13H2,1H3,(H2,24,25,27). The minimum atomic E-state index is -0.146. The summed E-state index contributed by atoms with van der Waals surface area (Å²) in [5.74, 6) is 1.89. The lowest BCUT2D eigenvalue weighted by Crippen LogP contribution is -2.37. The van der Waals surface area contributed by atoms with E-state index < -0.39 is 0 Å². The number of methoxy groups -OCH3 is 1. The van der Waals surface area contributed by atoms with E-state index in [2.05, 4.69) is 26.6 Å². The van der Waals surface area contributed by atoms with Crippen molar-refractivity contribution in [1.82, 2.24) is 10.3 Å². The number of para-hydroxylation sites is 2. The van der Waals surface area contributed by atoms with Crippen molar-refractivity contribution < 1.29 is 9.53 Å². The molecule has 6 heteroatoms. The molecule has 2 fully saturated rings. The Balaban J connectivity index is 1.21. The lowest BCUT2D eigenvalue weighted by Gasteiger charge is -2.24. The third kappa shape index (κ3) is 2.91. The first-order chi connectivity index (χ1) is 13.7. The summed E-state index contributed by atoms with van der Waals surface area (Å²) in [6.45, 7) is 1.88. The molecule has 2 aliphatic rings. The van der Waals surface area contributed by atoms with Crippen LogP contribution in [0, 0.1) is 11.8 Å². The summed E-state index contributed by atoms with van der Waals surface area (Å²) in [5.41, 5.74) is 1.93. The van der Waals surface area contributed by atoms with Gasteiger partial charge in [0.1, 0.15) is 5.75 Å². The molecule has 2 atom stereocenters. The number of nitrogens with one attached hydrogen (secondary N) is 2. The van der Waals surface area contributed by atoms with Gasteiger partial charge in [-0.3, -0.25) is 4.98 Å². The Bertz CT molecular complexity index is 1020. The molecular formula is C22H22N4O2. The molecule has 28 heavy (non-hydrogen) atoms. The second kappa shape index (κ2) is 6.71. The number of aromatic nitrogens is 1. The molecule has 2 amide bonds. The van der Waals surface area contributed by atoms with Crippen LogP contribution in [0.25, 0.3) is 10.8 Å². The van der Waals surface area contributed by atoms with Crippen molar-refractivity contribution in [2.45, 2.75) is 6.04 Å². The van der Waals surface area contributed by atoms with E-state index in [4.69, 9.17) is 4.74 Å². The van der Waals surface area contributed by atoms with Crippen molar-refractivity contribution in [2.75, 3.05) is 30.4 Å². The van der Waals surface area contributed by atoms with E-state index in [1.54, 1.807) is 19.5 Å². The molecule has 142 valence electrons.